The van der Waals surface area contributed by atoms with E-state index < -0.39 is 0 Å². The third-order valence-corrected chi connectivity index (χ3v) is 3.88. The number of hydrogen-bond acceptors (Lipinski definition) is 4. The van der Waals surface area contributed by atoms with E-state index in [0.717, 1.165) is 37.0 Å². The Bertz CT molecular complexity index is 391. The summed E-state index contributed by atoms with van der Waals surface area (Å²) in [7, 11) is 0. The van der Waals surface area contributed by atoms with Crippen molar-refractivity contribution >= 4 is 0 Å². The Morgan fingerprint density at radius 1 is 1.53 bits per heavy atom. The number of rotatable bonds is 2. The summed E-state index contributed by atoms with van der Waals surface area (Å²) in [5.41, 5.74) is 1.03. The highest BCUT2D eigenvalue weighted by Gasteiger charge is 2.37. The van der Waals surface area contributed by atoms with E-state index in [1.54, 1.807) is 0 Å². The SMILES string of the molecule is Cc1cc(CN2CC[C@@H]3C[C@H](C)O[C@H]3C2)no1. The molecular weight excluding hydrogens is 216 g/mol. The lowest BCUT2D eigenvalue weighted by Gasteiger charge is -2.33. The molecule has 2 fully saturated rings. The molecule has 3 atom stereocenters. The van der Waals surface area contributed by atoms with Gasteiger partial charge in [0, 0.05) is 19.2 Å². The molecule has 3 heterocycles. The summed E-state index contributed by atoms with van der Waals surface area (Å²) in [5.74, 6) is 1.67. The van der Waals surface area contributed by atoms with Crippen molar-refractivity contribution in [1.29, 1.82) is 0 Å². The molecule has 4 nitrogen and oxygen atoms in total. The average Bonchev–Trinajstić information content (AvgIpc) is 2.83. The Morgan fingerprint density at radius 3 is 3.18 bits per heavy atom. The van der Waals surface area contributed by atoms with Crippen LogP contribution in [-0.2, 0) is 11.3 Å². The van der Waals surface area contributed by atoms with Crippen LogP contribution in [0.3, 0.4) is 0 Å². The lowest BCUT2D eigenvalue weighted by atomic mass is 9.92. The van der Waals surface area contributed by atoms with Crippen LogP contribution in [-0.4, -0.2) is 35.4 Å². The third-order valence-electron chi connectivity index (χ3n) is 3.88. The first kappa shape index (κ1) is 11.2. The molecule has 4 heteroatoms. The van der Waals surface area contributed by atoms with Crippen molar-refractivity contribution in [2.45, 2.75) is 45.4 Å². The molecule has 17 heavy (non-hydrogen) atoms. The van der Waals surface area contributed by atoms with Gasteiger partial charge in [-0.3, -0.25) is 4.90 Å². The van der Waals surface area contributed by atoms with Crippen LogP contribution in [0.2, 0.25) is 0 Å². The fourth-order valence-electron chi connectivity index (χ4n) is 3.10. The van der Waals surface area contributed by atoms with E-state index in [0.29, 0.717) is 12.2 Å². The maximum Gasteiger partial charge on any atom is 0.133 e. The fraction of sp³-hybridized carbons (Fsp3) is 0.769. The Kier molecular flexibility index (Phi) is 2.92. The molecule has 0 bridgehead atoms. The van der Waals surface area contributed by atoms with Crippen molar-refractivity contribution in [2.75, 3.05) is 13.1 Å². The van der Waals surface area contributed by atoms with Crippen LogP contribution in [0, 0.1) is 12.8 Å². The van der Waals surface area contributed by atoms with Gasteiger partial charge < -0.3 is 9.26 Å². The van der Waals surface area contributed by atoms with Crippen molar-refractivity contribution in [3.8, 4) is 0 Å². The summed E-state index contributed by atoms with van der Waals surface area (Å²) in [6.07, 6.45) is 3.37. The standard InChI is InChI=1S/C13H20N2O2/c1-9-5-11-3-4-15(8-13(11)16-9)7-12-6-10(2)17-14-12/h6,9,11,13H,3-5,7-8H2,1-2H3/t9-,11+,13-/m0/s1. The van der Waals surface area contributed by atoms with Crippen LogP contribution in [0.1, 0.15) is 31.2 Å². The molecule has 94 valence electrons. The predicted molar refractivity (Wildman–Crippen MR) is 63.6 cm³/mol. The maximum absolute atomic E-state index is 5.95. The second-order valence-corrected chi connectivity index (χ2v) is 5.43. The molecule has 2 saturated heterocycles. The van der Waals surface area contributed by atoms with Gasteiger partial charge in [0.25, 0.3) is 0 Å². The second kappa shape index (κ2) is 4.42. The summed E-state index contributed by atoms with van der Waals surface area (Å²) in [5, 5.41) is 4.05. The minimum atomic E-state index is 0.437. The van der Waals surface area contributed by atoms with Gasteiger partial charge in [-0.2, -0.15) is 0 Å². The highest BCUT2D eigenvalue weighted by Crippen LogP contribution is 2.33. The number of likely N-dealkylation sites (tertiary alicyclic amines) is 1. The number of ether oxygens (including phenoxy) is 1. The summed E-state index contributed by atoms with van der Waals surface area (Å²) in [6.45, 7) is 7.20. The first-order valence-corrected chi connectivity index (χ1v) is 6.50. The Hall–Kier alpha value is -0.870. The zero-order valence-electron chi connectivity index (χ0n) is 10.6. The first-order chi connectivity index (χ1) is 8.20. The lowest BCUT2D eigenvalue weighted by molar-refractivity contribution is -0.00325. The second-order valence-electron chi connectivity index (χ2n) is 5.43. The van der Waals surface area contributed by atoms with E-state index in [1.807, 2.05) is 13.0 Å². The van der Waals surface area contributed by atoms with Crippen LogP contribution < -0.4 is 0 Å². The molecular formula is C13H20N2O2. The number of fused-ring (bicyclic) bond motifs is 1. The highest BCUT2D eigenvalue weighted by molar-refractivity contribution is 5.04. The van der Waals surface area contributed by atoms with Crippen molar-refractivity contribution in [1.82, 2.24) is 10.1 Å². The van der Waals surface area contributed by atoms with E-state index in [4.69, 9.17) is 9.26 Å². The molecule has 0 unspecified atom stereocenters. The van der Waals surface area contributed by atoms with Gasteiger partial charge in [-0.05, 0) is 39.2 Å². The summed E-state index contributed by atoms with van der Waals surface area (Å²) in [4.78, 5) is 2.43. The molecule has 0 aromatic carbocycles. The number of piperidine rings is 1. The van der Waals surface area contributed by atoms with Gasteiger partial charge in [-0.25, -0.2) is 0 Å². The van der Waals surface area contributed by atoms with Crippen molar-refractivity contribution in [3.05, 3.63) is 17.5 Å². The maximum atomic E-state index is 5.95. The molecule has 0 spiro atoms. The average molecular weight is 236 g/mol. The third kappa shape index (κ3) is 2.38. The quantitative estimate of drug-likeness (QED) is 0.787. The summed E-state index contributed by atoms with van der Waals surface area (Å²) < 4.78 is 11.1. The Balaban J connectivity index is 1.59. The molecule has 1 aromatic rings. The van der Waals surface area contributed by atoms with Gasteiger partial charge in [-0.1, -0.05) is 5.16 Å². The molecule has 3 rings (SSSR count). The highest BCUT2D eigenvalue weighted by atomic mass is 16.5. The van der Waals surface area contributed by atoms with E-state index >= 15 is 0 Å². The molecule has 0 N–H and O–H groups in total. The molecule has 1 aromatic heterocycles. The van der Waals surface area contributed by atoms with Crippen molar-refractivity contribution in [3.63, 3.8) is 0 Å². The van der Waals surface area contributed by atoms with Crippen LogP contribution in [0.25, 0.3) is 0 Å². The summed E-state index contributed by atoms with van der Waals surface area (Å²) in [6, 6.07) is 2.02. The van der Waals surface area contributed by atoms with Gasteiger partial charge in [0.15, 0.2) is 0 Å². The largest absolute Gasteiger partial charge is 0.374 e. The van der Waals surface area contributed by atoms with E-state index in [-0.39, 0.29) is 0 Å². The molecule has 2 aliphatic rings. The number of aromatic nitrogens is 1. The molecule has 0 amide bonds. The van der Waals surface area contributed by atoms with Gasteiger partial charge in [0.05, 0.1) is 17.9 Å². The molecule has 2 aliphatic heterocycles. The van der Waals surface area contributed by atoms with Gasteiger partial charge in [0.2, 0.25) is 0 Å². The molecule has 0 aliphatic carbocycles. The minimum absolute atomic E-state index is 0.437. The summed E-state index contributed by atoms with van der Waals surface area (Å²) >= 11 is 0. The molecule has 0 saturated carbocycles. The number of aryl methyl sites for hydroxylation is 1. The first-order valence-electron chi connectivity index (χ1n) is 6.50. The predicted octanol–water partition coefficient (Wildman–Crippen LogP) is 1.98. The van der Waals surface area contributed by atoms with Gasteiger partial charge >= 0.3 is 0 Å². The van der Waals surface area contributed by atoms with Crippen molar-refractivity contribution in [2.24, 2.45) is 5.92 Å². The van der Waals surface area contributed by atoms with Crippen LogP contribution in [0.5, 0.6) is 0 Å². The zero-order chi connectivity index (χ0) is 11.8. The van der Waals surface area contributed by atoms with E-state index in [9.17, 15) is 0 Å². The van der Waals surface area contributed by atoms with E-state index in [1.165, 1.54) is 12.8 Å². The number of nitrogens with zero attached hydrogens (tertiary/aromatic N) is 2. The Morgan fingerprint density at radius 2 is 2.41 bits per heavy atom. The smallest absolute Gasteiger partial charge is 0.133 e. The normalized spacial score (nSPS) is 33.9. The van der Waals surface area contributed by atoms with Crippen molar-refractivity contribution < 1.29 is 9.26 Å². The van der Waals surface area contributed by atoms with Gasteiger partial charge in [-0.15, -0.1) is 0 Å². The minimum Gasteiger partial charge on any atom is -0.374 e. The van der Waals surface area contributed by atoms with E-state index in [2.05, 4.69) is 17.0 Å². The monoisotopic (exact) mass is 236 g/mol. The van der Waals surface area contributed by atoms with Crippen LogP contribution in [0.15, 0.2) is 10.6 Å². The Labute approximate surface area is 102 Å². The van der Waals surface area contributed by atoms with Crippen LogP contribution in [0.4, 0.5) is 0 Å². The topological polar surface area (TPSA) is 38.5 Å². The molecule has 0 radical (unpaired) electrons. The number of hydrogen-bond donors (Lipinski definition) is 0. The zero-order valence-corrected chi connectivity index (χ0v) is 10.6. The van der Waals surface area contributed by atoms with Crippen LogP contribution >= 0.6 is 0 Å². The lowest BCUT2D eigenvalue weighted by Crippen LogP contribution is -2.41. The van der Waals surface area contributed by atoms with Gasteiger partial charge in [0.1, 0.15) is 5.76 Å². The fourth-order valence-corrected chi connectivity index (χ4v) is 3.10.